The van der Waals surface area contributed by atoms with Crippen LogP contribution in [0.4, 0.5) is 15.8 Å². The Kier molecular flexibility index (Phi) is 4.81. The highest BCUT2D eigenvalue weighted by Crippen LogP contribution is 2.22. The average Bonchev–Trinajstić information content (AvgIpc) is 2.42. The zero-order valence-electron chi connectivity index (χ0n) is 11.8. The summed E-state index contributed by atoms with van der Waals surface area (Å²) in [6.45, 7) is 3.68. The van der Waals surface area contributed by atoms with Crippen LogP contribution in [-0.2, 0) is 11.3 Å². The molecule has 0 saturated carbocycles. The minimum Gasteiger partial charge on any atom is -0.381 e. The van der Waals surface area contributed by atoms with E-state index in [9.17, 15) is 9.18 Å². The number of nitrogens with one attached hydrogen (secondary N) is 2. The molecule has 2 rings (SSSR count). The van der Waals surface area contributed by atoms with Gasteiger partial charge in [0.15, 0.2) is 0 Å². The number of aryl methyl sites for hydroxylation is 1. The molecule has 0 bridgehead atoms. The van der Waals surface area contributed by atoms with Gasteiger partial charge in [-0.1, -0.05) is 17.7 Å². The smallest absolute Gasteiger partial charge is 0.221 e. The Bertz CT molecular complexity index is 673. The molecule has 110 valence electrons. The summed E-state index contributed by atoms with van der Waals surface area (Å²) >= 11 is 5.86. The summed E-state index contributed by atoms with van der Waals surface area (Å²) in [7, 11) is 0. The van der Waals surface area contributed by atoms with Crippen LogP contribution in [-0.4, -0.2) is 5.91 Å². The standard InChI is InChI=1S/C16H16ClFN2O/c1-10-3-5-14(8-16(10)20-11(2)21)19-9-12-7-13(17)4-6-15(12)18/h3-8,19H,9H2,1-2H3,(H,20,21). The van der Waals surface area contributed by atoms with Gasteiger partial charge < -0.3 is 10.6 Å². The number of anilines is 2. The second-order valence-electron chi connectivity index (χ2n) is 4.80. The molecule has 0 radical (unpaired) electrons. The Labute approximate surface area is 128 Å². The summed E-state index contributed by atoms with van der Waals surface area (Å²) in [6.07, 6.45) is 0. The first-order valence-electron chi connectivity index (χ1n) is 6.52. The Hall–Kier alpha value is -2.07. The molecule has 2 aromatic carbocycles. The zero-order chi connectivity index (χ0) is 15.4. The van der Waals surface area contributed by atoms with Gasteiger partial charge in [-0.3, -0.25) is 4.79 Å². The first-order valence-corrected chi connectivity index (χ1v) is 6.89. The highest BCUT2D eigenvalue weighted by atomic mass is 35.5. The van der Waals surface area contributed by atoms with Gasteiger partial charge in [0.25, 0.3) is 0 Å². The second-order valence-corrected chi connectivity index (χ2v) is 5.24. The van der Waals surface area contributed by atoms with E-state index in [0.717, 1.165) is 16.9 Å². The Morgan fingerprint density at radius 1 is 1.24 bits per heavy atom. The van der Waals surface area contributed by atoms with Crippen molar-refractivity contribution in [1.82, 2.24) is 0 Å². The van der Waals surface area contributed by atoms with E-state index in [0.29, 0.717) is 17.1 Å². The number of carbonyl (C=O) groups excluding carboxylic acids is 1. The zero-order valence-corrected chi connectivity index (χ0v) is 12.6. The summed E-state index contributed by atoms with van der Waals surface area (Å²) in [5.74, 6) is -0.433. The van der Waals surface area contributed by atoms with Crippen LogP contribution in [0.1, 0.15) is 18.1 Å². The topological polar surface area (TPSA) is 41.1 Å². The second kappa shape index (κ2) is 6.59. The largest absolute Gasteiger partial charge is 0.381 e. The maximum absolute atomic E-state index is 13.6. The molecule has 0 aliphatic carbocycles. The van der Waals surface area contributed by atoms with E-state index >= 15 is 0 Å². The average molecular weight is 307 g/mol. The lowest BCUT2D eigenvalue weighted by atomic mass is 10.1. The fourth-order valence-electron chi connectivity index (χ4n) is 1.93. The third kappa shape index (κ3) is 4.20. The molecule has 1 amide bonds. The summed E-state index contributed by atoms with van der Waals surface area (Å²) in [5, 5.41) is 6.37. The third-order valence-electron chi connectivity index (χ3n) is 3.04. The fraction of sp³-hybridized carbons (Fsp3) is 0.188. The number of rotatable bonds is 4. The van der Waals surface area contributed by atoms with Crippen LogP contribution in [0.25, 0.3) is 0 Å². The van der Waals surface area contributed by atoms with E-state index in [-0.39, 0.29) is 11.7 Å². The van der Waals surface area contributed by atoms with Gasteiger partial charge in [-0.15, -0.1) is 0 Å². The van der Waals surface area contributed by atoms with Crippen molar-refractivity contribution in [3.63, 3.8) is 0 Å². The number of halogens is 2. The van der Waals surface area contributed by atoms with Crippen molar-refractivity contribution in [2.75, 3.05) is 10.6 Å². The van der Waals surface area contributed by atoms with Crippen LogP contribution < -0.4 is 10.6 Å². The van der Waals surface area contributed by atoms with Gasteiger partial charge in [-0.05, 0) is 42.8 Å². The summed E-state index contributed by atoms with van der Waals surface area (Å²) in [5.41, 5.74) is 2.98. The molecular formula is C16H16ClFN2O. The summed E-state index contributed by atoms with van der Waals surface area (Å²) in [6, 6.07) is 10.0. The molecule has 0 unspecified atom stereocenters. The maximum Gasteiger partial charge on any atom is 0.221 e. The molecule has 0 saturated heterocycles. The molecule has 0 aliphatic rings. The summed E-state index contributed by atoms with van der Waals surface area (Å²) in [4.78, 5) is 11.1. The van der Waals surface area contributed by atoms with Gasteiger partial charge in [0.2, 0.25) is 5.91 Å². The Morgan fingerprint density at radius 2 is 2.00 bits per heavy atom. The maximum atomic E-state index is 13.6. The monoisotopic (exact) mass is 306 g/mol. The fourth-order valence-corrected chi connectivity index (χ4v) is 2.13. The first-order chi connectivity index (χ1) is 9.95. The molecule has 0 aromatic heterocycles. The minimum absolute atomic E-state index is 0.129. The number of carbonyl (C=O) groups is 1. The highest BCUT2D eigenvalue weighted by Gasteiger charge is 2.05. The van der Waals surface area contributed by atoms with Gasteiger partial charge in [0.05, 0.1) is 0 Å². The molecule has 0 aliphatic heterocycles. The van der Waals surface area contributed by atoms with Gasteiger partial charge >= 0.3 is 0 Å². The molecule has 2 aromatic rings. The molecule has 0 atom stereocenters. The van der Waals surface area contributed by atoms with Crippen LogP contribution in [0.3, 0.4) is 0 Å². The molecule has 5 heteroatoms. The van der Waals surface area contributed by atoms with E-state index in [1.807, 2.05) is 25.1 Å². The van der Waals surface area contributed by atoms with Crippen LogP contribution in [0.5, 0.6) is 0 Å². The SMILES string of the molecule is CC(=O)Nc1cc(NCc2cc(Cl)ccc2F)ccc1C. The summed E-state index contributed by atoms with van der Waals surface area (Å²) < 4.78 is 13.6. The third-order valence-corrected chi connectivity index (χ3v) is 3.27. The Morgan fingerprint density at radius 3 is 2.71 bits per heavy atom. The molecule has 0 heterocycles. The van der Waals surface area contributed by atoms with E-state index in [1.165, 1.54) is 19.1 Å². The van der Waals surface area contributed by atoms with Crippen molar-refractivity contribution in [3.8, 4) is 0 Å². The number of hydrogen-bond acceptors (Lipinski definition) is 2. The molecule has 21 heavy (non-hydrogen) atoms. The first kappa shape index (κ1) is 15.3. The number of benzene rings is 2. The molecule has 0 fully saturated rings. The van der Waals surface area contributed by atoms with Crippen molar-refractivity contribution in [2.45, 2.75) is 20.4 Å². The van der Waals surface area contributed by atoms with Crippen LogP contribution in [0, 0.1) is 12.7 Å². The molecular weight excluding hydrogens is 291 g/mol. The van der Waals surface area contributed by atoms with Gasteiger partial charge in [-0.25, -0.2) is 4.39 Å². The van der Waals surface area contributed by atoms with Crippen molar-refractivity contribution < 1.29 is 9.18 Å². The van der Waals surface area contributed by atoms with Gasteiger partial charge in [0, 0.05) is 35.4 Å². The lowest BCUT2D eigenvalue weighted by Gasteiger charge is -2.12. The van der Waals surface area contributed by atoms with E-state index in [4.69, 9.17) is 11.6 Å². The minimum atomic E-state index is -0.305. The van der Waals surface area contributed by atoms with Gasteiger partial charge in [0.1, 0.15) is 5.82 Å². The van der Waals surface area contributed by atoms with E-state index in [1.54, 1.807) is 6.07 Å². The lowest BCUT2D eigenvalue weighted by molar-refractivity contribution is -0.114. The van der Waals surface area contributed by atoms with Crippen molar-refractivity contribution in [2.24, 2.45) is 0 Å². The molecule has 0 spiro atoms. The predicted octanol–water partition coefficient (Wildman–Crippen LogP) is 4.36. The van der Waals surface area contributed by atoms with E-state index < -0.39 is 0 Å². The van der Waals surface area contributed by atoms with E-state index in [2.05, 4.69) is 10.6 Å². The number of hydrogen-bond donors (Lipinski definition) is 2. The van der Waals surface area contributed by atoms with Crippen molar-refractivity contribution >= 4 is 28.9 Å². The predicted molar refractivity (Wildman–Crippen MR) is 84.2 cm³/mol. The van der Waals surface area contributed by atoms with Crippen molar-refractivity contribution in [1.29, 1.82) is 0 Å². The number of amides is 1. The normalized spacial score (nSPS) is 10.3. The van der Waals surface area contributed by atoms with Crippen LogP contribution in [0.2, 0.25) is 5.02 Å². The Balaban J connectivity index is 2.13. The quantitative estimate of drug-likeness (QED) is 0.881. The molecule has 2 N–H and O–H groups in total. The van der Waals surface area contributed by atoms with Crippen LogP contribution >= 0.6 is 11.6 Å². The molecule has 3 nitrogen and oxygen atoms in total. The highest BCUT2D eigenvalue weighted by molar-refractivity contribution is 6.30. The van der Waals surface area contributed by atoms with Gasteiger partial charge in [-0.2, -0.15) is 0 Å². The van der Waals surface area contributed by atoms with Crippen molar-refractivity contribution in [3.05, 3.63) is 58.4 Å². The van der Waals surface area contributed by atoms with Crippen LogP contribution in [0.15, 0.2) is 36.4 Å². The lowest BCUT2D eigenvalue weighted by Crippen LogP contribution is -2.08.